The maximum absolute atomic E-state index is 12.0. The van der Waals surface area contributed by atoms with Crippen LogP contribution in [0.5, 0.6) is 0 Å². The molecule has 2 rings (SSSR count). The van der Waals surface area contributed by atoms with Gasteiger partial charge < -0.3 is 15.0 Å². The zero-order valence-corrected chi connectivity index (χ0v) is 14.4. The number of carbonyl (C=O) groups excluding carboxylic acids is 1. The molecule has 126 valence electrons. The van der Waals surface area contributed by atoms with Gasteiger partial charge in [-0.1, -0.05) is 11.6 Å². The van der Waals surface area contributed by atoms with Crippen LogP contribution in [-0.4, -0.2) is 46.2 Å². The van der Waals surface area contributed by atoms with Crippen molar-refractivity contribution in [3.05, 3.63) is 35.9 Å². The first-order chi connectivity index (χ1) is 10.8. The highest BCUT2D eigenvalue weighted by molar-refractivity contribution is 5.68. The third-order valence-electron chi connectivity index (χ3n) is 3.62. The summed E-state index contributed by atoms with van der Waals surface area (Å²) < 4.78 is 5.40. The van der Waals surface area contributed by atoms with Crippen LogP contribution in [0.2, 0.25) is 0 Å². The van der Waals surface area contributed by atoms with Crippen LogP contribution < -0.4 is 5.32 Å². The Balaban J connectivity index is 1.80. The average molecular weight is 318 g/mol. The zero-order chi connectivity index (χ0) is 16.9. The molecule has 1 unspecified atom stereocenters. The lowest BCUT2D eigenvalue weighted by molar-refractivity contribution is 0.0265. The molecular formula is C17H26N4O2. The molecule has 0 aliphatic carbocycles. The first-order valence-electron chi connectivity index (χ1n) is 8.00. The largest absolute Gasteiger partial charge is 0.444 e. The van der Waals surface area contributed by atoms with Gasteiger partial charge in [-0.2, -0.15) is 0 Å². The Morgan fingerprint density at radius 2 is 2.22 bits per heavy atom. The molecule has 1 aromatic heterocycles. The number of carbonyl (C=O) groups is 1. The molecule has 1 amide bonds. The summed E-state index contributed by atoms with van der Waals surface area (Å²) in [6.07, 6.45) is 7.87. The zero-order valence-electron chi connectivity index (χ0n) is 14.4. The maximum Gasteiger partial charge on any atom is 0.410 e. The number of hydrogen-bond acceptors (Lipinski definition) is 5. The second-order valence-electron chi connectivity index (χ2n) is 6.77. The molecule has 0 saturated carbocycles. The van der Waals surface area contributed by atoms with Gasteiger partial charge in [0.15, 0.2) is 0 Å². The summed E-state index contributed by atoms with van der Waals surface area (Å²) in [6.45, 7) is 9.81. The van der Waals surface area contributed by atoms with Crippen molar-refractivity contribution in [3.8, 4) is 0 Å². The van der Waals surface area contributed by atoms with Gasteiger partial charge in [0.1, 0.15) is 5.60 Å². The molecule has 0 radical (unpaired) electrons. The van der Waals surface area contributed by atoms with E-state index in [9.17, 15) is 4.79 Å². The summed E-state index contributed by atoms with van der Waals surface area (Å²) >= 11 is 0. The lowest BCUT2D eigenvalue weighted by Crippen LogP contribution is -2.40. The normalized spacial score (nSPS) is 16.7. The number of nitrogens with zero attached hydrogens (tertiary/aromatic N) is 3. The van der Waals surface area contributed by atoms with Crippen molar-refractivity contribution >= 4 is 6.09 Å². The first kappa shape index (κ1) is 17.4. The van der Waals surface area contributed by atoms with Gasteiger partial charge in [-0.15, -0.1) is 0 Å². The number of hydrogen-bond donors (Lipinski definition) is 1. The molecule has 1 atom stereocenters. The van der Waals surface area contributed by atoms with E-state index in [0.29, 0.717) is 13.1 Å². The van der Waals surface area contributed by atoms with Crippen LogP contribution in [0.25, 0.3) is 0 Å². The fourth-order valence-corrected chi connectivity index (χ4v) is 2.29. The molecule has 0 fully saturated rings. The minimum Gasteiger partial charge on any atom is -0.444 e. The van der Waals surface area contributed by atoms with Crippen LogP contribution >= 0.6 is 0 Å². The average Bonchev–Trinajstić information content (AvgIpc) is 2.52. The highest BCUT2D eigenvalue weighted by atomic mass is 16.6. The molecule has 6 heteroatoms. The summed E-state index contributed by atoms with van der Waals surface area (Å²) in [5.41, 5.74) is 1.79. The summed E-state index contributed by atoms with van der Waals surface area (Å²) in [7, 11) is 0. The monoisotopic (exact) mass is 318 g/mol. The Labute approximate surface area is 138 Å². The number of nitrogens with one attached hydrogen (secondary N) is 1. The Kier molecular flexibility index (Phi) is 5.71. The quantitative estimate of drug-likeness (QED) is 0.865. The Hall–Kier alpha value is -1.95. The molecule has 23 heavy (non-hydrogen) atoms. The van der Waals surface area contributed by atoms with Crippen molar-refractivity contribution in [2.24, 2.45) is 0 Å². The topological polar surface area (TPSA) is 67.4 Å². The van der Waals surface area contributed by atoms with Gasteiger partial charge in [0.05, 0.1) is 5.69 Å². The highest BCUT2D eigenvalue weighted by Gasteiger charge is 2.23. The third-order valence-corrected chi connectivity index (χ3v) is 3.62. The molecule has 1 N–H and O–H groups in total. The molecule has 0 aromatic carbocycles. The van der Waals surface area contributed by atoms with Gasteiger partial charge in [0, 0.05) is 44.3 Å². The summed E-state index contributed by atoms with van der Waals surface area (Å²) in [5, 5.41) is 3.45. The summed E-state index contributed by atoms with van der Waals surface area (Å²) in [5.74, 6) is 0. The standard InChI is InChI=1S/C17H26N4O2/c1-13(15-12-18-7-8-19-15)20-11-14-5-9-21(10-6-14)16(22)23-17(2,3)4/h5,7-8,12-13,20H,6,9-11H2,1-4H3. The van der Waals surface area contributed by atoms with E-state index in [-0.39, 0.29) is 12.1 Å². The summed E-state index contributed by atoms with van der Waals surface area (Å²) in [6, 6.07) is 0.147. The lowest BCUT2D eigenvalue weighted by atomic mass is 10.1. The Morgan fingerprint density at radius 3 is 2.78 bits per heavy atom. The number of ether oxygens (including phenoxy) is 1. The second-order valence-corrected chi connectivity index (χ2v) is 6.77. The van der Waals surface area contributed by atoms with E-state index in [0.717, 1.165) is 18.7 Å². The van der Waals surface area contributed by atoms with Gasteiger partial charge in [-0.05, 0) is 34.1 Å². The molecular weight excluding hydrogens is 292 g/mol. The molecule has 1 aliphatic heterocycles. The Bertz CT molecular complexity index is 551. The van der Waals surface area contributed by atoms with E-state index in [1.165, 1.54) is 5.57 Å². The second kappa shape index (κ2) is 7.55. The molecule has 1 aromatic rings. The van der Waals surface area contributed by atoms with Crippen molar-refractivity contribution in [3.63, 3.8) is 0 Å². The fourth-order valence-electron chi connectivity index (χ4n) is 2.29. The maximum atomic E-state index is 12.0. The minimum atomic E-state index is -0.450. The number of amides is 1. The van der Waals surface area contributed by atoms with E-state index in [4.69, 9.17) is 4.74 Å². The van der Waals surface area contributed by atoms with Crippen molar-refractivity contribution in [2.75, 3.05) is 19.6 Å². The molecule has 0 saturated heterocycles. The molecule has 0 spiro atoms. The van der Waals surface area contributed by atoms with Crippen molar-refractivity contribution in [1.29, 1.82) is 0 Å². The van der Waals surface area contributed by atoms with Crippen molar-refractivity contribution < 1.29 is 9.53 Å². The van der Waals surface area contributed by atoms with Gasteiger partial charge in [0.25, 0.3) is 0 Å². The van der Waals surface area contributed by atoms with E-state index >= 15 is 0 Å². The van der Waals surface area contributed by atoms with Crippen LogP contribution in [0.1, 0.15) is 45.9 Å². The van der Waals surface area contributed by atoms with Crippen LogP contribution in [0, 0.1) is 0 Å². The fraction of sp³-hybridized carbons (Fsp3) is 0.588. The predicted octanol–water partition coefficient (Wildman–Crippen LogP) is 2.69. The summed E-state index contributed by atoms with van der Waals surface area (Å²) in [4.78, 5) is 22.1. The first-order valence-corrected chi connectivity index (χ1v) is 8.00. The smallest absolute Gasteiger partial charge is 0.410 e. The van der Waals surface area contributed by atoms with Crippen molar-refractivity contribution in [1.82, 2.24) is 20.2 Å². The van der Waals surface area contributed by atoms with E-state index in [2.05, 4.69) is 28.3 Å². The van der Waals surface area contributed by atoms with E-state index in [1.54, 1.807) is 23.5 Å². The predicted molar refractivity (Wildman–Crippen MR) is 89.0 cm³/mol. The molecule has 2 heterocycles. The molecule has 0 bridgehead atoms. The van der Waals surface area contributed by atoms with Crippen LogP contribution in [0.15, 0.2) is 30.2 Å². The van der Waals surface area contributed by atoms with Gasteiger partial charge >= 0.3 is 6.09 Å². The number of rotatable bonds is 4. The molecule has 1 aliphatic rings. The van der Waals surface area contributed by atoms with Gasteiger partial charge in [-0.3, -0.25) is 9.97 Å². The van der Waals surface area contributed by atoms with E-state index in [1.807, 2.05) is 20.8 Å². The van der Waals surface area contributed by atoms with Gasteiger partial charge in [-0.25, -0.2) is 4.79 Å². The third kappa shape index (κ3) is 5.63. The van der Waals surface area contributed by atoms with Crippen LogP contribution in [0.4, 0.5) is 4.79 Å². The minimum absolute atomic E-state index is 0.147. The van der Waals surface area contributed by atoms with Crippen LogP contribution in [-0.2, 0) is 4.74 Å². The number of aromatic nitrogens is 2. The van der Waals surface area contributed by atoms with Crippen LogP contribution in [0.3, 0.4) is 0 Å². The Morgan fingerprint density at radius 1 is 1.43 bits per heavy atom. The van der Waals surface area contributed by atoms with Crippen molar-refractivity contribution in [2.45, 2.75) is 45.8 Å². The molecule has 6 nitrogen and oxygen atoms in total. The SMILES string of the molecule is CC(NCC1=CCN(C(=O)OC(C)(C)C)CC1)c1cnccn1. The van der Waals surface area contributed by atoms with E-state index < -0.39 is 5.60 Å². The van der Waals surface area contributed by atoms with Gasteiger partial charge in [0.2, 0.25) is 0 Å². The lowest BCUT2D eigenvalue weighted by Gasteiger charge is -2.30. The highest BCUT2D eigenvalue weighted by Crippen LogP contribution is 2.16.